The van der Waals surface area contributed by atoms with E-state index < -0.39 is 0 Å². The molecule has 0 saturated carbocycles. The quantitative estimate of drug-likeness (QED) is 0.607. The first-order valence-electron chi connectivity index (χ1n) is 6.63. The molecule has 0 radical (unpaired) electrons. The molecule has 0 atom stereocenters. The first-order valence-corrected chi connectivity index (χ1v) is 6.63. The number of hydrogen-bond donors (Lipinski definition) is 1. The molecule has 1 aromatic carbocycles. The fourth-order valence-electron chi connectivity index (χ4n) is 1.89. The van der Waals surface area contributed by atoms with Crippen LogP contribution in [-0.4, -0.2) is 40.0 Å². The molecule has 0 amide bonds. The molecule has 108 valence electrons. The highest BCUT2D eigenvalue weighted by atomic mass is 16.5. The van der Waals surface area contributed by atoms with Gasteiger partial charge in [0, 0.05) is 12.3 Å². The largest absolute Gasteiger partial charge is 0.493 e. The number of benzene rings is 1. The summed E-state index contributed by atoms with van der Waals surface area (Å²) in [6.45, 7) is 6.20. The van der Waals surface area contributed by atoms with E-state index in [-0.39, 0.29) is 0 Å². The van der Waals surface area contributed by atoms with Gasteiger partial charge in [-0.15, -0.1) is 5.10 Å². The first kappa shape index (κ1) is 14.3. The number of nitrogens with zero attached hydrogens (tertiary/aromatic N) is 4. The zero-order chi connectivity index (χ0) is 14.4. The number of nitrogens with two attached hydrogens (primary N) is 1. The molecule has 1 heterocycles. The number of anilines is 1. The van der Waals surface area contributed by atoms with Crippen LogP contribution in [0.3, 0.4) is 0 Å². The Morgan fingerprint density at radius 1 is 1.25 bits per heavy atom. The molecule has 2 N–H and O–H groups in total. The monoisotopic (exact) mass is 277 g/mol. The van der Waals surface area contributed by atoms with Crippen LogP contribution in [0.5, 0.6) is 5.75 Å². The smallest absolute Gasteiger partial charge is 0.187 e. The summed E-state index contributed by atoms with van der Waals surface area (Å²) in [6, 6.07) is 5.51. The van der Waals surface area contributed by atoms with Crippen LogP contribution in [-0.2, 0) is 11.3 Å². The van der Waals surface area contributed by atoms with Crippen molar-refractivity contribution in [2.24, 2.45) is 0 Å². The molecular weight excluding hydrogens is 258 g/mol. The SMILES string of the molecule is CCOCCn1nnnc1-c1c(N)cccc1OCC. The van der Waals surface area contributed by atoms with Crippen LogP contribution in [0.4, 0.5) is 5.69 Å². The van der Waals surface area contributed by atoms with Gasteiger partial charge in [-0.3, -0.25) is 0 Å². The predicted molar refractivity (Wildman–Crippen MR) is 75.3 cm³/mol. The minimum absolute atomic E-state index is 0.547. The fraction of sp³-hybridized carbons (Fsp3) is 0.462. The summed E-state index contributed by atoms with van der Waals surface area (Å²) < 4.78 is 12.6. The minimum Gasteiger partial charge on any atom is -0.493 e. The molecule has 7 nitrogen and oxygen atoms in total. The third-order valence-electron chi connectivity index (χ3n) is 2.77. The van der Waals surface area contributed by atoms with E-state index in [1.165, 1.54) is 0 Å². The van der Waals surface area contributed by atoms with Gasteiger partial charge >= 0.3 is 0 Å². The van der Waals surface area contributed by atoms with Crippen LogP contribution >= 0.6 is 0 Å². The Kier molecular flexibility index (Phi) is 4.89. The summed E-state index contributed by atoms with van der Waals surface area (Å²) in [6.07, 6.45) is 0. The third kappa shape index (κ3) is 3.05. The molecule has 20 heavy (non-hydrogen) atoms. The molecule has 2 aromatic rings. The Hall–Kier alpha value is -2.15. The van der Waals surface area contributed by atoms with Gasteiger partial charge in [0.05, 0.1) is 25.3 Å². The fourth-order valence-corrected chi connectivity index (χ4v) is 1.89. The molecule has 0 bridgehead atoms. The molecule has 0 unspecified atom stereocenters. The van der Waals surface area contributed by atoms with E-state index in [9.17, 15) is 0 Å². The standard InChI is InChI=1S/C13H19N5O2/c1-3-19-9-8-18-13(15-16-17-18)12-10(14)6-5-7-11(12)20-4-2/h5-7H,3-4,8-9,14H2,1-2H3. The summed E-state index contributed by atoms with van der Waals surface area (Å²) in [7, 11) is 0. The van der Waals surface area contributed by atoms with Crippen molar-refractivity contribution in [3.8, 4) is 17.1 Å². The Balaban J connectivity index is 2.34. The second-order valence-corrected chi connectivity index (χ2v) is 4.08. The molecule has 2 rings (SSSR count). The zero-order valence-electron chi connectivity index (χ0n) is 11.7. The maximum absolute atomic E-state index is 6.05. The lowest BCUT2D eigenvalue weighted by Crippen LogP contribution is -2.10. The second kappa shape index (κ2) is 6.85. The number of tetrazole rings is 1. The predicted octanol–water partition coefficient (Wildman–Crippen LogP) is 1.36. The van der Waals surface area contributed by atoms with E-state index in [4.69, 9.17) is 15.2 Å². The number of aromatic nitrogens is 4. The van der Waals surface area contributed by atoms with Gasteiger partial charge in [-0.2, -0.15) is 0 Å². The second-order valence-electron chi connectivity index (χ2n) is 4.08. The molecule has 0 aliphatic heterocycles. The average Bonchev–Trinajstić information content (AvgIpc) is 2.88. The van der Waals surface area contributed by atoms with Crippen molar-refractivity contribution in [3.05, 3.63) is 18.2 Å². The molecule has 0 aliphatic carbocycles. The van der Waals surface area contributed by atoms with Crippen LogP contribution in [0.25, 0.3) is 11.4 Å². The third-order valence-corrected chi connectivity index (χ3v) is 2.77. The summed E-state index contributed by atoms with van der Waals surface area (Å²) in [5.74, 6) is 1.27. The van der Waals surface area contributed by atoms with Gasteiger partial charge in [0.25, 0.3) is 0 Å². The lowest BCUT2D eigenvalue weighted by Gasteiger charge is -2.12. The van der Waals surface area contributed by atoms with E-state index in [1.807, 2.05) is 26.0 Å². The lowest BCUT2D eigenvalue weighted by atomic mass is 10.1. The highest BCUT2D eigenvalue weighted by molar-refractivity contribution is 5.77. The van der Waals surface area contributed by atoms with Crippen LogP contribution in [0, 0.1) is 0 Å². The lowest BCUT2D eigenvalue weighted by molar-refractivity contribution is 0.136. The van der Waals surface area contributed by atoms with Crippen molar-refractivity contribution in [3.63, 3.8) is 0 Å². The van der Waals surface area contributed by atoms with Crippen LogP contribution in [0.15, 0.2) is 18.2 Å². The summed E-state index contributed by atoms with van der Waals surface area (Å²) >= 11 is 0. The normalized spacial score (nSPS) is 10.7. The minimum atomic E-state index is 0.547. The van der Waals surface area contributed by atoms with E-state index in [0.717, 1.165) is 5.56 Å². The Morgan fingerprint density at radius 3 is 2.85 bits per heavy atom. The maximum Gasteiger partial charge on any atom is 0.187 e. The number of rotatable bonds is 7. The Morgan fingerprint density at radius 2 is 2.10 bits per heavy atom. The molecular formula is C13H19N5O2. The van der Waals surface area contributed by atoms with Crippen molar-refractivity contribution in [1.29, 1.82) is 0 Å². The van der Waals surface area contributed by atoms with Gasteiger partial charge in [-0.1, -0.05) is 6.07 Å². The average molecular weight is 277 g/mol. The van der Waals surface area contributed by atoms with Gasteiger partial charge in [-0.25, -0.2) is 4.68 Å². The molecule has 1 aromatic heterocycles. The summed E-state index contributed by atoms with van der Waals surface area (Å²) in [4.78, 5) is 0. The van der Waals surface area contributed by atoms with Gasteiger partial charge in [0.1, 0.15) is 5.75 Å². The van der Waals surface area contributed by atoms with Gasteiger partial charge in [0.15, 0.2) is 5.82 Å². The highest BCUT2D eigenvalue weighted by Crippen LogP contribution is 2.33. The van der Waals surface area contributed by atoms with E-state index in [2.05, 4.69) is 15.5 Å². The molecule has 0 fully saturated rings. The number of hydrogen-bond acceptors (Lipinski definition) is 6. The summed E-state index contributed by atoms with van der Waals surface area (Å²) in [5.41, 5.74) is 7.35. The van der Waals surface area contributed by atoms with Crippen molar-refractivity contribution >= 4 is 5.69 Å². The van der Waals surface area contributed by atoms with Crippen molar-refractivity contribution < 1.29 is 9.47 Å². The molecule has 7 heteroatoms. The molecule has 0 saturated heterocycles. The van der Waals surface area contributed by atoms with E-state index in [0.29, 0.717) is 43.6 Å². The van der Waals surface area contributed by atoms with Crippen LogP contribution in [0.2, 0.25) is 0 Å². The van der Waals surface area contributed by atoms with E-state index in [1.54, 1.807) is 10.7 Å². The van der Waals surface area contributed by atoms with Gasteiger partial charge in [0.2, 0.25) is 0 Å². The van der Waals surface area contributed by atoms with Crippen molar-refractivity contribution in [2.45, 2.75) is 20.4 Å². The van der Waals surface area contributed by atoms with Gasteiger partial charge in [-0.05, 0) is 36.4 Å². The Labute approximate surface area is 117 Å². The number of nitrogen functional groups attached to an aromatic ring is 1. The van der Waals surface area contributed by atoms with Crippen LogP contribution < -0.4 is 10.5 Å². The number of ether oxygens (including phenoxy) is 2. The van der Waals surface area contributed by atoms with Gasteiger partial charge < -0.3 is 15.2 Å². The highest BCUT2D eigenvalue weighted by Gasteiger charge is 2.17. The topological polar surface area (TPSA) is 88.1 Å². The first-order chi connectivity index (χ1) is 9.77. The molecule has 0 spiro atoms. The zero-order valence-corrected chi connectivity index (χ0v) is 11.7. The van der Waals surface area contributed by atoms with Crippen molar-refractivity contribution in [2.75, 3.05) is 25.6 Å². The maximum atomic E-state index is 6.05. The van der Waals surface area contributed by atoms with Crippen LogP contribution in [0.1, 0.15) is 13.8 Å². The Bertz CT molecular complexity index is 555. The van der Waals surface area contributed by atoms with E-state index >= 15 is 0 Å². The van der Waals surface area contributed by atoms with Crippen molar-refractivity contribution in [1.82, 2.24) is 20.2 Å². The summed E-state index contributed by atoms with van der Waals surface area (Å²) in [5, 5.41) is 11.7. The molecule has 0 aliphatic rings.